The second kappa shape index (κ2) is 7.97. The number of benzene rings is 2. The highest BCUT2D eigenvalue weighted by Crippen LogP contribution is 2.15. The van der Waals surface area contributed by atoms with Gasteiger partial charge in [-0.25, -0.2) is 0 Å². The van der Waals surface area contributed by atoms with Gasteiger partial charge in [-0.1, -0.05) is 18.2 Å². The molecule has 0 aliphatic rings. The predicted octanol–water partition coefficient (Wildman–Crippen LogP) is 2.76. The third-order valence-corrected chi connectivity index (χ3v) is 3.30. The number of nitrogens with zero attached hydrogens (tertiary/aromatic N) is 1. The highest BCUT2D eigenvalue weighted by Gasteiger charge is 2.06. The van der Waals surface area contributed by atoms with E-state index in [-0.39, 0.29) is 24.0 Å². The zero-order valence-corrected chi connectivity index (χ0v) is 13.6. The molecule has 2 rings (SSSR count). The van der Waals surface area contributed by atoms with Crippen LogP contribution in [0.3, 0.4) is 0 Å². The van der Waals surface area contributed by atoms with Crippen molar-refractivity contribution in [1.29, 1.82) is 0 Å². The SMILES string of the molecule is CN(C)C(=O)COc1ccc(C(=O)/C=C/c2cccc(O)c2)cc1. The number of rotatable bonds is 6. The third kappa shape index (κ3) is 4.98. The summed E-state index contributed by atoms with van der Waals surface area (Å²) in [5.41, 5.74) is 1.25. The highest BCUT2D eigenvalue weighted by molar-refractivity contribution is 6.06. The average Bonchev–Trinajstić information content (AvgIpc) is 2.58. The number of amides is 1. The van der Waals surface area contributed by atoms with E-state index in [1.807, 2.05) is 0 Å². The van der Waals surface area contributed by atoms with Gasteiger partial charge in [0.05, 0.1) is 0 Å². The van der Waals surface area contributed by atoms with Gasteiger partial charge in [0.1, 0.15) is 11.5 Å². The monoisotopic (exact) mass is 325 g/mol. The normalized spacial score (nSPS) is 10.6. The van der Waals surface area contributed by atoms with E-state index in [4.69, 9.17) is 4.74 Å². The molecule has 5 heteroatoms. The predicted molar refractivity (Wildman–Crippen MR) is 92.1 cm³/mol. The molecule has 0 bridgehead atoms. The van der Waals surface area contributed by atoms with E-state index in [1.165, 1.54) is 11.0 Å². The van der Waals surface area contributed by atoms with Crippen LogP contribution in [-0.4, -0.2) is 42.4 Å². The number of hydrogen-bond acceptors (Lipinski definition) is 4. The number of likely N-dealkylation sites (N-methyl/N-ethyl adjacent to an activating group) is 1. The standard InChI is InChI=1S/C19H19NO4/c1-20(2)19(23)13-24-17-9-7-15(8-10-17)18(22)11-6-14-4-3-5-16(21)12-14/h3-12,21H,13H2,1-2H3/b11-6+. The van der Waals surface area contributed by atoms with Crippen LogP contribution in [0.15, 0.2) is 54.6 Å². The lowest BCUT2D eigenvalue weighted by Crippen LogP contribution is -2.27. The fourth-order valence-corrected chi connectivity index (χ4v) is 1.89. The van der Waals surface area contributed by atoms with E-state index in [1.54, 1.807) is 68.7 Å². The molecule has 5 nitrogen and oxygen atoms in total. The topological polar surface area (TPSA) is 66.8 Å². The molecule has 1 amide bonds. The first-order valence-corrected chi connectivity index (χ1v) is 7.40. The molecule has 0 radical (unpaired) electrons. The van der Waals surface area contributed by atoms with Gasteiger partial charge in [0.2, 0.25) is 0 Å². The maximum Gasteiger partial charge on any atom is 0.259 e. The molecule has 0 aliphatic heterocycles. The third-order valence-electron chi connectivity index (χ3n) is 3.30. The van der Waals surface area contributed by atoms with Crippen molar-refractivity contribution >= 4 is 17.8 Å². The Balaban J connectivity index is 1.97. The number of ketones is 1. The summed E-state index contributed by atoms with van der Waals surface area (Å²) in [7, 11) is 3.32. The van der Waals surface area contributed by atoms with Crippen LogP contribution in [-0.2, 0) is 4.79 Å². The summed E-state index contributed by atoms with van der Waals surface area (Å²) in [5.74, 6) is 0.385. The lowest BCUT2D eigenvalue weighted by molar-refractivity contribution is -0.130. The lowest BCUT2D eigenvalue weighted by atomic mass is 10.1. The van der Waals surface area contributed by atoms with Crippen LogP contribution >= 0.6 is 0 Å². The summed E-state index contributed by atoms with van der Waals surface area (Å²) in [4.78, 5) is 25.0. The van der Waals surface area contributed by atoms with Crippen molar-refractivity contribution in [2.75, 3.05) is 20.7 Å². The van der Waals surface area contributed by atoms with E-state index in [0.717, 1.165) is 5.56 Å². The first-order chi connectivity index (χ1) is 11.5. The molecule has 1 N–H and O–H groups in total. The quantitative estimate of drug-likeness (QED) is 0.655. The van der Waals surface area contributed by atoms with Gasteiger partial charge in [-0.05, 0) is 48.0 Å². The number of hydrogen-bond donors (Lipinski definition) is 1. The highest BCUT2D eigenvalue weighted by atomic mass is 16.5. The zero-order chi connectivity index (χ0) is 17.5. The number of carbonyl (C=O) groups is 2. The van der Waals surface area contributed by atoms with Gasteiger partial charge in [-0.3, -0.25) is 9.59 Å². The van der Waals surface area contributed by atoms with Gasteiger partial charge in [0, 0.05) is 19.7 Å². The molecule has 2 aromatic rings. The minimum atomic E-state index is -0.158. The minimum Gasteiger partial charge on any atom is -0.508 e. The van der Waals surface area contributed by atoms with E-state index < -0.39 is 0 Å². The van der Waals surface area contributed by atoms with Crippen LogP contribution in [0.5, 0.6) is 11.5 Å². The Morgan fingerprint density at radius 3 is 2.46 bits per heavy atom. The van der Waals surface area contributed by atoms with Crippen molar-refractivity contribution in [3.05, 3.63) is 65.7 Å². The fourth-order valence-electron chi connectivity index (χ4n) is 1.89. The van der Waals surface area contributed by atoms with Crippen LogP contribution in [0.25, 0.3) is 6.08 Å². The maximum absolute atomic E-state index is 12.1. The Morgan fingerprint density at radius 2 is 1.83 bits per heavy atom. The largest absolute Gasteiger partial charge is 0.508 e. The summed E-state index contributed by atoms with van der Waals surface area (Å²) in [5, 5.41) is 9.39. The number of aromatic hydroxyl groups is 1. The van der Waals surface area contributed by atoms with Gasteiger partial charge < -0.3 is 14.7 Å². The van der Waals surface area contributed by atoms with E-state index in [9.17, 15) is 14.7 Å². The molecule has 24 heavy (non-hydrogen) atoms. The molecule has 0 atom stereocenters. The summed E-state index contributed by atoms with van der Waals surface area (Å²) in [6, 6.07) is 13.2. The first kappa shape index (κ1) is 17.3. The number of ether oxygens (including phenoxy) is 1. The smallest absolute Gasteiger partial charge is 0.259 e. The molecule has 0 saturated heterocycles. The Labute approximate surface area is 140 Å². The van der Waals surface area contributed by atoms with Gasteiger partial charge >= 0.3 is 0 Å². The van der Waals surface area contributed by atoms with Crippen LogP contribution < -0.4 is 4.74 Å². The molecule has 2 aromatic carbocycles. The van der Waals surface area contributed by atoms with Crippen LogP contribution in [0.2, 0.25) is 0 Å². The number of phenols is 1. The first-order valence-electron chi connectivity index (χ1n) is 7.40. The van der Waals surface area contributed by atoms with Crippen molar-refractivity contribution in [2.45, 2.75) is 0 Å². The molecule has 0 aliphatic carbocycles. The van der Waals surface area contributed by atoms with E-state index in [0.29, 0.717) is 11.3 Å². The number of carbonyl (C=O) groups excluding carboxylic acids is 2. The van der Waals surface area contributed by atoms with Gasteiger partial charge in [0.15, 0.2) is 12.4 Å². The Morgan fingerprint density at radius 1 is 1.12 bits per heavy atom. The fraction of sp³-hybridized carbons (Fsp3) is 0.158. The van der Waals surface area contributed by atoms with Crippen molar-refractivity contribution in [3.63, 3.8) is 0 Å². The average molecular weight is 325 g/mol. The molecule has 0 fully saturated rings. The van der Waals surface area contributed by atoms with Gasteiger partial charge in [-0.15, -0.1) is 0 Å². The van der Waals surface area contributed by atoms with Gasteiger partial charge in [-0.2, -0.15) is 0 Å². The van der Waals surface area contributed by atoms with Crippen molar-refractivity contribution < 1.29 is 19.4 Å². The van der Waals surface area contributed by atoms with E-state index in [2.05, 4.69) is 0 Å². The second-order valence-corrected chi connectivity index (χ2v) is 5.39. The lowest BCUT2D eigenvalue weighted by Gasteiger charge is -2.11. The maximum atomic E-state index is 12.1. The minimum absolute atomic E-state index is 0.0440. The van der Waals surface area contributed by atoms with Crippen molar-refractivity contribution in [1.82, 2.24) is 4.90 Å². The summed E-state index contributed by atoms with van der Waals surface area (Å²) in [6.45, 7) is -0.0440. The zero-order valence-electron chi connectivity index (χ0n) is 13.6. The molecule has 0 spiro atoms. The molecule has 124 valence electrons. The Bertz CT molecular complexity index is 748. The number of phenolic OH excluding ortho intramolecular Hbond substituents is 1. The second-order valence-electron chi connectivity index (χ2n) is 5.39. The summed E-state index contributed by atoms with van der Waals surface area (Å²) in [6.07, 6.45) is 3.09. The summed E-state index contributed by atoms with van der Waals surface area (Å²) >= 11 is 0. The molecule has 0 aromatic heterocycles. The molecule has 0 unspecified atom stereocenters. The molecule has 0 heterocycles. The van der Waals surface area contributed by atoms with Crippen LogP contribution in [0.4, 0.5) is 0 Å². The Hall–Kier alpha value is -3.08. The van der Waals surface area contributed by atoms with Crippen LogP contribution in [0.1, 0.15) is 15.9 Å². The molecule has 0 saturated carbocycles. The van der Waals surface area contributed by atoms with Crippen molar-refractivity contribution in [2.24, 2.45) is 0 Å². The number of allylic oxidation sites excluding steroid dienone is 1. The van der Waals surface area contributed by atoms with Crippen LogP contribution in [0, 0.1) is 0 Å². The van der Waals surface area contributed by atoms with Gasteiger partial charge in [0.25, 0.3) is 5.91 Å². The molecular formula is C19H19NO4. The molecular weight excluding hydrogens is 306 g/mol. The Kier molecular flexibility index (Phi) is 5.73. The summed E-state index contributed by atoms with van der Waals surface area (Å²) < 4.78 is 5.36. The van der Waals surface area contributed by atoms with E-state index >= 15 is 0 Å². The van der Waals surface area contributed by atoms with Crippen molar-refractivity contribution in [3.8, 4) is 11.5 Å².